The highest BCUT2D eigenvalue weighted by Gasteiger charge is 2.23. The van der Waals surface area contributed by atoms with Gasteiger partial charge in [-0.2, -0.15) is 0 Å². The van der Waals surface area contributed by atoms with Crippen LogP contribution in [-0.2, 0) is 16.0 Å². The SMILES string of the molecule is NC(=O)CC(O)C(O)c1ccc(CC(=O)O)cc1F. The molecule has 7 heteroatoms. The zero-order valence-corrected chi connectivity index (χ0v) is 9.91. The van der Waals surface area contributed by atoms with Gasteiger partial charge in [0.25, 0.3) is 0 Å². The van der Waals surface area contributed by atoms with Gasteiger partial charge < -0.3 is 21.1 Å². The highest BCUT2D eigenvalue weighted by Crippen LogP contribution is 2.23. The van der Waals surface area contributed by atoms with Gasteiger partial charge in [-0.05, 0) is 11.6 Å². The van der Waals surface area contributed by atoms with E-state index in [1.807, 2.05) is 0 Å². The molecule has 0 aliphatic rings. The van der Waals surface area contributed by atoms with Gasteiger partial charge in [0, 0.05) is 5.56 Å². The standard InChI is InChI=1S/C12H14FNO5/c13-8-3-6(4-11(17)18)1-2-7(8)12(19)9(15)5-10(14)16/h1-3,9,12,15,19H,4-5H2,(H2,14,16)(H,17,18). The van der Waals surface area contributed by atoms with Crippen molar-refractivity contribution in [3.05, 3.63) is 35.1 Å². The normalized spacial score (nSPS) is 13.8. The molecule has 0 radical (unpaired) electrons. The topological polar surface area (TPSA) is 121 Å². The van der Waals surface area contributed by atoms with E-state index in [1.54, 1.807) is 0 Å². The number of carboxylic acid groups (broad SMARTS) is 1. The number of carbonyl (C=O) groups is 2. The molecule has 0 saturated heterocycles. The van der Waals surface area contributed by atoms with E-state index in [0.717, 1.165) is 6.07 Å². The maximum absolute atomic E-state index is 13.7. The van der Waals surface area contributed by atoms with E-state index < -0.39 is 36.3 Å². The number of primary amides is 1. The van der Waals surface area contributed by atoms with Crippen molar-refractivity contribution < 1.29 is 29.3 Å². The summed E-state index contributed by atoms with van der Waals surface area (Å²) in [6.45, 7) is 0. The molecular weight excluding hydrogens is 257 g/mol. The Hall–Kier alpha value is -1.99. The van der Waals surface area contributed by atoms with Crippen LogP contribution >= 0.6 is 0 Å². The number of carbonyl (C=O) groups excluding carboxylic acids is 1. The summed E-state index contributed by atoms with van der Waals surface area (Å²) in [6, 6.07) is 3.46. The number of aliphatic hydroxyl groups excluding tert-OH is 2. The third-order valence-electron chi connectivity index (χ3n) is 2.51. The van der Waals surface area contributed by atoms with Gasteiger partial charge in [0.1, 0.15) is 11.9 Å². The smallest absolute Gasteiger partial charge is 0.307 e. The Bertz CT molecular complexity index is 491. The third kappa shape index (κ3) is 4.31. The summed E-state index contributed by atoms with van der Waals surface area (Å²) in [5.41, 5.74) is 4.86. The van der Waals surface area contributed by atoms with E-state index >= 15 is 0 Å². The number of halogens is 1. The number of carboxylic acids is 1. The second-order valence-electron chi connectivity index (χ2n) is 4.11. The summed E-state index contributed by atoms with van der Waals surface area (Å²) in [5.74, 6) is -2.79. The van der Waals surface area contributed by atoms with Crippen molar-refractivity contribution >= 4 is 11.9 Å². The molecule has 2 unspecified atom stereocenters. The zero-order valence-electron chi connectivity index (χ0n) is 9.91. The van der Waals surface area contributed by atoms with Crippen LogP contribution in [0.4, 0.5) is 4.39 Å². The van der Waals surface area contributed by atoms with Crippen molar-refractivity contribution in [2.75, 3.05) is 0 Å². The summed E-state index contributed by atoms with van der Waals surface area (Å²) in [5, 5.41) is 27.7. The highest BCUT2D eigenvalue weighted by molar-refractivity contribution is 5.74. The number of amides is 1. The lowest BCUT2D eigenvalue weighted by Crippen LogP contribution is -2.26. The minimum atomic E-state index is -1.61. The van der Waals surface area contributed by atoms with Gasteiger partial charge in [-0.15, -0.1) is 0 Å². The zero-order chi connectivity index (χ0) is 14.6. The third-order valence-corrected chi connectivity index (χ3v) is 2.51. The summed E-state index contributed by atoms with van der Waals surface area (Å²) >= 11 is 0. The molecule has 2 atom stereocenters. The molecule has 0 heterocycles. The van der Waals surface area contributed by atoms with Crippen LogP contribution in [0.15, 0.2) is 18.2 Å². The van der Waals surface area contributed by atoms with Gasteiger partial charge in [-0.1, -0.05) is 12.1 Å². The molecule has 1 amide bonds. The van der Waals surface area contributed by atoms with Crippen molar-refractivity contribution in [3.63, 3.8) is 0 Å². The van der Waals surface area contributed by atoms with Gasteiger partial charge in [0.15, 0.2) is 0 Å². The van der Waals surface area contributed by atoms with Crippen LogP contribution in [0.2, 0.25) is 0 Å². The molecule has 19 heavy (non-hydrogen) atoms. The Morgan fingerprint density at radius 3 is 2.42 bits per heavy atom. The van der Waals surface area contributed by atoms with Crippen molar-refractivity contribution in [2.45, 2.75) is 25.0 Å². The summed E-state index contributed by atoms with van der Waals surface area (Å²) in [4.78, 5) is 21.1. The predicted molar refractivity (Wildman–Crippen MR) is 62.5 cm³/mol. The number of aliphatic carboxylic acids is 1. The van der Waals surface area contributed by atoms with Gasteiger partial charge in [0.2, 0.25) is 5.91 Å². The first-order chi connectivity index (χ1) is 8.81. The average molecular weight is 271 g/mol. The van der Waals surface area contributed by atoms with E-state index in [0.29, 0.717) is 0 Å². The Balaban J connectivity index is 2.89. The Kier molecular flexibility index (Phi) is 4.96. The molecule has 1 aromatic carbocycles. The lowest BCUT2D eigenvalue weighted by atomic mass is 9.99. The van der Waals surface area contributed by atoms with E-state index in [9.17, 15) is 24.2 Å². The van der Waals surface area contributed by atoms with Crippen LogP contribution in [-0.4, -0.2) is 33.3 Å². The molecule has 0 aromatic heterocycles. The Morgan fingerprint density at radius 2 is 1.95 bits per heavy atom. The second-order valence-corrected chi connectivity index (χ2v) is 4.11. The fourth-order valence-corrected chi connectivity index (χ4v) is 1.62. The number of benzene rings is 1. The van der Waals surface area contributed by atoms with Crippen molar-refractivity contribution in [3.8, 4) is 0 Å². The largest absolute Gasteiger partial charge is 0.481 e. The van der Waals surface area contributed by atoms with Crippen LogP contribution in [0.5, 0.6) is 0 Å². The molecule has 5 N–H and O–H groups in total. The Labute approximate surface area is 108 Å². The summed E-state index contributed by atoms with van der Waals surface area (Å²) < 4.78 is 13.7. The molecule has 0 saturated carbocycles. The number of nitrogens with two attached hydrogens (primary N) is 1. The van der Waals surface area contributed by atoms with Crippen molar-refractivity contribution in [1.29, 1.82) is 0 Å². The predicted octanol–water partition coefficient (Wildman–Crippen LogP) is -0.278. The van der Waals surface area contributed by atoms with E-state index in [4.69, 9.17) is 10.8 Å². The van der Waals surface area contributed by atoms with Crippen LogP contribution in [0.3, 0.4) is 0 Å². The molecule has 0 aliphatic heterocycles. The lowest BCUT2D eigenvalue weighted by molar-refractivity contribution is -0.136. The van der Waals surface area contributed by atoms with E-state index in [-0.39, 0.29) is 17.5 Å². The Morgan fingerprint density at radius 1 is 1.32 bits per heavy atom. The van der Waals surface area contributed by atoms with Gasteiger partial charge >= 0.3 is 5.97 Å². The van der Waals surface area contributed by atoms with Crippen LogP contribution in [0, 0.1) is 5.82 Å². The molecule has 0 bridgehead atoms. The first kappa shape index (κ1) is 15.1. The molecular formula is C12H14FNO5. The molecule has 0 spiro atoms. The second kappa shape index (κ2) is 6.26. The molecule has 0 fully saturated rings. The van der Waals surface area contributed by atoms with Crippen molar-refractivity contribution in [2.24, 2.45) is 5.73 Å². The summed E-state index contributed by atoms with van der Waals surface area (Å²) in [7, 11) is 0. The highest BCUT2D eigenvalue weighted by atomic mass is 19.1. The first-order valence-electron chi connectivity index (χ1n) is 5.45. The lowest BCUT2D eigenvalue weighted by Gasteiger charge is -2.17. The van der Waals surface area contributed by atoms with Crippen LogP contribution < -0.4 is 5.73 Å². The van der Waals surface area contributed by atoms with Gasteiger partial charge in [0.05, 0.1) is 18.9 Å². The first-order valence-corrected chi connectivity index (χ1v) is 5.45. The average Bonchev–Trinajstić information content (AvgIpc) is 2.26. The number of aliphatic hydroxyl groups is 2. The number of hydrogen-bond acceptors (Lipinski definition) is 4. The molecule has 1 aromatic rings. The monoisotopic (exact) mass is 271 g/mol. The van der Waals surface area contributed by atoms with E-state index in [2.05, 4.69) is 0 Å². The van der Waals surface area contributed by atoms with Crippen LogP contribution in [0.1, 0.15) is 23.7 Å². The fraction of sp³-hybridized carbons (Fsp3) is 0.333. The molecule has 0 aliphatic carbocycles. The quantitative estimate of drug-likeness (QED) is 0.567. The van der Waals surface area contributed by atoms with Gasteiger partial charge in [-0.25, -0.2) is 4.39 Å². The maximum atomic E-state index is 13.7. The van der Waals surface area contributed by atoms with Crippen molar-refractivity contribution in [1.82, 2.24) is 0 Å². The maximum Gasteiger partial charge on any atom is 0.307 e. The number of hydrogen-bond donors (Lipinski definition) is 4. The minimum absolute atomic E-state index is 0.220. The molecule has 104 valence electrons. The summed E-state index contributed by atoms with van der Waals surface area (Å²) in [6.07, 6.45) is -3.97. The fourth-order valence-electron chi connectivity index (χ4n) is 1.62. The van der Waals surface area contributed by atoms with Gasteiger partial charge in [-0.3, -0.25) is 9.59 Å². The minimum Gasteiger partial charge on any atom is -0.481 e. The number of rotatable bonds is 6. The molecule has 6 nitrogen and oxygen atoms in total. The molecule has 1 rings (SSSR count). The van der Waals surface area contributed by atoms with Crippen LogP contribution in [0.25, 0.3) is 0 Å². The van der Waals surface area contributed by atoms with E-state index in [1.165, 1.54) is 12.1 Å².